The SMILES string of the molecule is Cc1ccncc1-c1noc(-c2ccc(N)cn2)n1. The molecule has 94 valence electrons. The van der Waals surface area contributed by atoms with E-state index in [1.165, 1.54) is 0 Å². The monoisotopic (exact) mass is 253 g/mol. The second-order valence-electron chi connectivity index (χ2n) is 4.09. The molecule has 0 aliphatic heterocycles. The molecule has 0 amide bonds. The molecule has 3 heterocycles. The van der Waals surface area contributed by atoms with E-state index in [1.54, 1.807) is 30.7 Å². The number of nitrogens with two attached hydrogens (primary N) is 1. The lowest BCUT2D eigenvalue weighted by atomic mass is 10.1. The first kappa shape index (κ1) is 11.3. The highest BCUT2D eigenvalue weighted by Gasteiger charge is 2.13. The predicted octanol–water partition coefficient (Wildman–Crippen LogP) is 2.08. The van der Waals surface area contributed by atoms with Crippen molar-refractivity contribution in [2.75, 3.05) is 5.73 Å². The third-order valence-electron chi connectivity index (χ3n) is 2.71. The molecule has 0 aliphatic carbocycles. The minimum Gasteiger partial charge on any atom is -0.397 e. The van der Waals surface area contributed by atoms with Crippen LogP contribution >= 0.6 is 0 Å². The van der Waals surface area contributed by atoms with Crippen molar-refractivity contribution in [2.45, 2.75) is 6.92 Å². The van der Waals surface area contributed by atoms with Crippen molar-refractivity contribution in [1.29, 1.82) is 0 Å². The Morgan fingerprint density at radius 3 is 2.79 bits per heavy atom. The van der Waals surface area contributed by atoms with E-state index in [9.17, 15) is 0 Å². The van der Waals surface area contributed by atoms with E-state index in [2.05, 4.69) is 20.1 Å². The van der Waals surface area contributed by atoms with Gasteiger partial charge in [-0.2, -0.15) is 4.98 Å². The third-order valence-corrected chi connectivity index (χ3v) is 2.71. The van der Waals surface area contributed by atoms with Crippen molar-refractivity contribution in [2.24, 2.45) is 0 Å². The van der Waals surface area contributed by atoms with E-state index >= 15 is 0 Å². The van der Waals surface area contributed by atoms with Crippen LogP contribution in [0, 0.1) is 6.92 Å². The fourth-order valence-electron chi connectivity index (χ4n) is 1.67. The van der Waals surface area contributed by atoms with E-state index in [4.69, 9.17) is 10.3 Å². The summed E-state index contributed by atoms with van der Waals surface area (Å²) in [5, 5.41) is 3.95. The molecule has 6 nitrogen and oxygen atoms in total. The summed E-state index contributed by atoms with van der Waals surface area (Å²) in [6, 6.07) is 5.37. The van der Waals surface area contributed by atoms with Crippen molar-refractivity contribution < 1.29 is 4.52 Å². The number of pyridine rings is 2. The molecule has 2 N–H and O–H groups in total. The Balaban J connectivity index is 2.00. The van der Waals surface area contributed by atoms with Crippen LogP contribution in [0.25, 0.3) is 23.0 Å². The molecule has 6 heteroatoms. The van der Waals surface area contributed by atoms with Crippen LogP contribution in [0.2, 0.25) is 0 Å². The Hall–Kier alpha value is -2.76. The average Bonchev–Trinajstić information content (AvgIpc) is 2.89. The minimum atomic E-state index is 0.359. The summed E-state index contributed by atoms with van der Waals surface area (Å²) in [5.41, 5.74) is 8.64. The molecule has 3 aromatic rings. The van der Waals surface area contributed by atoms with Gasteiger partial charge < -0.3 is 10.3 Å². The quantitative estimate of drug-likeness (QED) is 0.751. The normalized spacial score (nSPS) is 10.6. The van der Waals surface area contributed by atoms with Gasteiger partial charge >= 0.3 is 0 Å². The summed E-state index contributed by atoms with van der Waals surface area (Å²) in [7, 11) is 0. The van der Waals surface area contributed by atoms with Crippen molar-refractivity contribution in [3.8, 4) is 23.0 Å². The maximum Gasteiger partial charge on any atom is 0.276 e. The molecule has 0 saturated heterocycles. The molecular weight excluding hydrogens is 242 g/mol. The molecular formula is C13H11N5O. The predicted molar refractivity (Wildman–Crippen MR) is 69.9 cm³/mol. The number of anilines is 1. The Labute approximate surface area is 109 Å². The van der Waals surface area contributed by atoms with Gasteiger partial charge in [-0.1, -0.05) is 5.16 Å². The van der Waals surface area contributed by atoms with E-state index in [-0.39, 0.29) is 0 Å². The molecule has 3 aromatic heterocycles. The summed E-state index contributed by atoms with van der Waals surface area (Å²) in [6.45, 7) is 1.97. The van der Waals surface area contributed by atoms with Crippen LogP contribution in [0.4, 0.5) is 5.69 Å². The fourth-order valence-corrected chi connectivity index (χ4v) is 1.67. The topological polar surface area (TPSA) is 90.7 Å². The van der Waals surface area contributed by atoms with Gasteiger partial charge in [0.25, 0.3) is 5.89 Å². The Bertz CT molecular complexity index is 705. The largest absolute Gasteiger partial charge is 0.397 e. The third kappa shape index (κ3) is 2.15. The Morgan fingerprint density at radius 2 is 2.05 bits per heavy atom. The summed E-state index contributed by atoms with van der Waals surface area (Å²) in [5.74, 6) is 0.859. The van der Waals surface area contributed by atoms with Crippen molar-refractivity contribution in [1.82, 2.24) is 20.1 Å². The van der Waals surface area contributed by atoms with Gasteiger partial charge in [-0.05, 0) is 30.7 Å². The molecule has 0 aliphatic rings. The smallest absolute Gasteiger partial charge is 0.276 e. The summed E-state index contributed by atoms with van der Waals surface area (Å²) < 4.78 is 5.21. The zero-order valence-electron chi connectivity index (χ0n) is 10.2. The first-order chi connectivity index (χ1) is 9.24. The van der Waals surface area contributed by atoms with Gasteiger partial charge in [0, 0.05) is 18.0 Å². The highest BCUT2D eigenvalue weighted by Crippen LogP contribution is 2.22. The van der Waals surface area contributed by atoms with Crippen LogP contribution in [-0.2, 0) is 0 Å². The molecule has 0 saturated carbocycles. The highest BCUT2D eigenvalue weighted by atomic mass is 16.5. The minimum absolute atomic E-state index is 0.359. The van der Waals surface area contributed by atoms with Crippen LogP contribution < -0.4 is 5.73 Å². The summed E-state index contributed by atoms with van der Waals surface area (Å²) >= 11 is 0. The number of nitrogen functional groups attached to an aromatic ring is 1. The number of aryl methyl sites for hydroxylation is 1. The summed E-state index contributed by atoms with van der Waals surface area (Å²) in [4.78, 5) is 12.5. The average molecular weight is 253 g/mol. The Morgan fingerprint density at radius 1 is 1.16 bits per heavy atom. The van der Waals surface area contributed by atoms with Gasteiger partial charge in [-0.3, -0.25) is 4.98 Å². The van der Waals surface area contributed by atoms with Gasteiger partial charge in [0.2, 0.25) is 5.82 Å². The van der Waals surface area contributed by atoms with Gasteiger partial charge in [0.15, 0.2) is 0 Å². The maximum absolute atomic E-state index is 5.58. The van der Waals surface area contributed by atoms with Crippen LogP contribution in [0.3, 0.4) is 0 Å². The fraction of sp³-hybridized carbons (Fsp3) is 0.0769. The van der Waals surface area contributed by atoms with Gasteiger partial charge in [0.05, 0.1) is 11.9 Å². The number of nitrogens with zero attached hydrogens (tertiary/aromatic N) is 4. The zero-order valence-corrected chi connectivity index (χ0v) is 10.2. The molecule has 0 radical (unpaired) electrons. The number of rotatable bonds is 2. The molecule has 0 bridgehead atoms. The zero-order chi connectivity index (χ0) is 13.2. The highest BCUT2D eigenvalue weighted by molar-refractivity contribution is 5.60. The van der Waals surface area contributed by atoms with E-state index in [0.29, 0.717) is 23.1 Å². The molecule has 3 rings (SSSR count). The number of aromatic nitrogens is 4. The number of hydrogen-bond donors (Lipinski definition) is 1. The molecule has 19 heavy (non-hydrogen) atoms. The maximum atomic E-state index is 5.58. The van der Waals surface area contributed by atoms with Crippen LogP contribution in [0.1, 0.15) is 5.56 Å². The first-order valence-electron chi connectivity index (χ1n) is 5.70. The van der Waals surface area contributed by atoms with Crippen molar-refractivity contribution >= 4 is 5.69 Å². The molecule has 0 unspecified atom stereocenters. The van der Waals surface area contributed by atoms with E-state index in [1.807, 2.05) is 13.0 Å². The van der Waals surface area contributed by atoms with Crippen molar-refractivity contribution in [3.05, 3.63) is 42.4 Å². The second-order valence-corrected chi connectivity index (χ2v) is 4.09. The number of hydrogen-bond acceptors (Lipinski definition) is 6. The Kier molecular flexibility index (Phi) is 2.68. The molecule has 0 spiro atoms. The van der Waals surface area contributed by atoms with Crippen LogP contribution in [-0.4, -0.2) is 20.1 Å². The molecule has 0 fully saturated rings. The second kappa shape index (κ2) is 4.49. The van der Waals surface area contributed by atoms with E-state index < -0.39 is 0 Å². The van der Waals surface area contributed by atoms with Crippen LogP contribution in [0.15, 0.2) is 41.3 Å². The lowest BCUT2D eigenvalue weighted by Gasteiger charge is -1.97. The standard InChI is InChI=1S/C13H11N5O/c1-8-4-5-15-7-10(8)12-17-13(19-18-12)11-3-2-9(14)6-16-11/h2-7H,14H2,1H3. The van der Waals surface area contributed by atoms with Gasteiger partial charge in [-0.25, -0.2) is 4.98 Å². The van der Waals surface area contributed by atoms with Gasteiger partial charge in [0.1, 0.15) is 5.69 Å². The molecule has 0 atom stereocenters. The summed E-state index contributed by atoms with van der Waals surface area (Å²) in [6.07, 6.45) is 4.98. The van der Waals surface area contributed by atoms with E-state index in [0.717, 1.165) is 11.1 Å². The first-order valence-corrected chi connectivity index (χ1v) is 5.70. The van der Waals surface area contributed by atoms with Crippen molar-refractivity contribution in [3.63, 3.8) is 0 Å². The lowest BCUT2D eigenvalue weighted by Crippen LogP contribution is -1.89. The van der Waals surface area contributed by atoms with Crippen LogP contribution in [0.5, 0.6) is 0 Å². The molecule has 0 aromatic carbocycles. The lowest BCUT2D eigenvalue weighted by molar-refractivity contribution is 0.431. The van der Waals surface area contributed by atoms with Gasteiger partial charge in [-0.15, -0.1) is 0 Å².